The number of nitrogens with zero attached hydrogens (tertiary/aromatic N) is 1. The largest absolute Gasteiger partial charge is 0.297 e. The monoisotopic (exact) mass is 204 g/mol. The molecule has 0 saturated carbocycles. The Kier molecular flexibility index (Phi) is 3.51. The first-order valence-electron chi connectivity index (χ1n) is 3.65. The van der Waals surface area contributed by atoms with Gasteiger partial charge in [0.25, 0.3) is 11.8 Å². The topological polar surface area (TPSA) is 82.6 Å². The summed E-state index contributed by atoms with van der Waals surface area (Å²) < 4.78 is 0. The first-order valence-corrected chi connectivity index (χ1v) is 4.19. The molecule has 6 nitrogen and oxygen atoms in total. The molecule has 1 aliphatic rings. The van der Waals surface area contributed by atoms with E-state index in [1.165, 1.54) is 0 Å². The average Bonchev–Trinajstić information content (AvgIpc) is 2.66. The normalized spacial score (nSPS) is 19.3. The molecule has 2 amide bonds. The van der Waals surface area contributed by atoms with Crippen molar-refractivity contribution in [1.82, 2.24) is 16.3 Å². The summed E-state index contributed by atoms with van der Waals surface area (Å²) in [6.45, 7) is 0. The minimum absolute atomic E-state index is 0.186. The van der Waals surface area contributed by atoms with Gasteiger partial charge >= 0.3 is 0 Å². The zero-order valence-corrected chi connectivity index (χ0v) is 7.47. The Balaban J connectivity index is 2.21. The summed E-state index contributed by atoms with van der Waals surface area (Å²) in [6.07, 6.45) is 2.11. The number of hydrazine groups is 1. The summed E-state index contributed by atoms with van der Waals surface area (Å²) in [6, 6.07) is -0.407. The van der Waals surface area contributed by atoms with Crippen molar-refractivity contribution < 1.29 is 9.59 Å². The van der Waals surface area contributed by atoms with Crippen molar-refractivity contribution in [2.45, 2.75) is 12.5 Å². The fourth-order valence-electron chi connectivity index (χ4n) is 0.771. The summed E-state index contributed by atoms with van der Waals surface area (Å²) in [5, 5.41) is 3.66. The lowest BCUT2D eigenvalue weighted by Crippen LogP contribution is -2.49. The van der Waals surface area contributed by atoms with Crippen LogP contribution in [0.15, 0.2) is 5.10 Å². The van der Waals surface area contributed by atoms with Gasteiger partial charge in [0.2, 0.25) is 0 Å². The molecule has 0 aliphatic carbocycles. The lowest BCUT2D eigenvalue weighted by atomic mass is 10.2. The summed E-state index contributed by atoms with van der Waals surface area (Å²) in [5.41, 5.74) is 6.92. The van der Waals surface area contributed by atoms with Crippen molar-refractivity contribution in [2.75, 3.05) is 5.88 Å². The first kappa shape index (κ1) is 9.79. The van der Waals surface area contributed by atoms with E-state index in [0.29, 0.717) is 6.42 Å². The summed E-state index contributed by atoms with van der Waals surface area (Å²) >= 11 is 5.19. The molecular formula is C6H9ClN4O2. The number of carbonyl (C=O) groups excluding carboxylic acids is 2. The third-order valence-electron chi connectivity index (χ3n) is 1.43. The maximum absolute atomic E-state index is 11.2. The fraction of sp³-hybridized carbons (Fsp3) is 0.500. The maximum Gasteiger partial charge on any atom is 0.262 e. The van der Waals surface area contributed by atoms with Crippen molar-refractivity contribution in [2.24, 2.45) is 5.10 Å². The molecule has 1 heterocycles. The molecule has 0 fully saturated rings. The second-order valence-corrected chi connectivity index (χ2v) is 2.67. The van der Waals surface area contributed by atoms with Gasteiger partial charge in [-0.2, -0.15) is 5.10 Å². The van der Waals surface area contributed by atoms with E-state index in [-0.39, 0.29) is 11.8 Å². The fourth-order valence-corrected chi connectivity index (χ4v) is 0.838. The second kappa shape index (κ2) is 4.66. The van der Waals surface area contributed by atoms with Gasteiger partial charge < -0.3 is 0 Å². The molecule has 1 atom stereocenters. The third kappa shape index (κ3) is 2.90. The van der Waals surface area contributed by atoms with Gasteiger partial charge in [0.05, 0.1) is 0 Å². The van der Waals surface area contributed by atoms with E-state index in [9.17, 15) is 9.59 Å². The smallest absolute Gasteiger partial charge is 0.262 e. The number of rotatable bonds is 2. The molecule has 0 saturated heterocycles. The summed E-state index contributed by atoms with van der Waals surface area (Å²) in [5.74, 6) is -0.973. The van der Waals surface area contributed by atoms with Crippen LogP contribution >= 0.6 is 11.6 Å². The Hall–Kier alpha value is -1.30. The van der Waals surface area contributed by atoms with Gasteiger partial charge in [-0.15, -0.1) is 11.6 Å². The highest BCUT2D eigenvalue weighted by atomic mass is 35.5. The Morgan fingerprint density at radius 3 is 2.92 bits per heavy atom. The molecule has 3 N–H and O–H groups in total. The number of nitrogens with one attached hydrogen (secondary N) is 3. The molecule has 1 unspecified atom stereocenters. The highest BCUT2D eigenvalue weighted by Gasteiger charge is 2.19. The number of halogens is 1. The predicted octanol–water partition coefficient (Wildman–Crippen LogP) is -1.28. The highest BCUT2D eigenvalue weighted by Crippen LogP contribution is 1.94. The second-order valence-electron chi connectivity index (χ2n) is 2.40. The van der Waals surface area contributed by atoms with E-state index in [0.717, 1.165) is 0 Å². The number of carbonyl (C=O) groups is 2. The van der Waals surface area contributed by atoms with Gasteiger partial charge in [0.1, 0.15) is 11.9 Å². The van der Waals surface area contributed by atoms with Crippen molar-refractivity contribution in [3.05, 3.63) is 0 Å². The minimum Gasteiger partial charge on any atom is -0.297 e. The van der Waals surface area contributed by atoms with Gasteiger partial charge in [-0.1, -0.05) is 0 Å². The van der Waals surface area contributed by atoms with Crippen LogP contribution in [0.2, 0.25) is 0 Å². The Labute approximate surface area is 79.7 Å². The van der Waals surface area contributed by atoms with Gasteiger partial charge in [-0.3, -0.25) is 25.9 Å². The van der Waals surface area contributed by atoms with Gasteiger partial charge in [-0.25, -0.2) is 0 Å². The van der Waals surface area contributed by atoms with Crippen molar-refractivity contribution in [3.8, 4) is 0 Å². The van der Waals surface area contributed by atoms with Gasteiger partial charge in [0, 0.05) is 12.6 Å². The lowest BCUT2D eigenvalue weighted by molar-refractivity contribution is -0.128. The minimum atomic E-state index is -0.450. The Bertz CT molecular complexity index is 235. The van der Waals surface area contributed by atoms with Gasteiger partial charge in [0.15, 0.2) is 0 Å². The van der Waals surface area contributed by atoms with Gasteiger partial charge in [-0.05, 0) is 0 Å². The molecule has 7 heteroatoms. The van der Waals surface area contributed by atoms with Crippen molar-refractivity contribution >= 4 is 29.6 Å². The average molecular weight is 205 g/mol. The van der Waals surface area contributed by atoms with Crippen molar-refractivity contribution in [3.63, 3.8) is 0 Å². The molecule has 0 radical (unpaired) electrons. The number of hydrazone groups is 1. The lowest BCUT2D eigenvalue weighted by Gasteiger charge is -2.10. The third-order valence-corrected chi connectivity index (χ3v) is 1.67. The van der Waals surface area contributed by atoms with Crippen LogP contribution in [0.5, 0.6) is 0 Å². The highest BCUT2D eigenvalue weighted by molar-refractivity contribution is 6.27. The quantitative estimate of drug-likeness (QED) is 0.387. The van der Waals surface area contributed by atoms with E-state index in [2.05, 4.69) is 21.4 Å². The summed E-state index contributed by atoms with van der Waals surface area (Å²) in [4.78, 5) is 21.8. The van der Waals surface area contributed by atoms with Crippen LogP contribution < -0.4 is 16.3 Å². The molecule has 1 rings (SSSR count). The number of amides is 2. The van der Waals surface area contributed by atoms with Crippen LogP contribution in [0.25, 0.3) is 0 Å². The van der Waals surface area contributed by atoms with E-state index in [1.54, 1.807) is 6.21 Å². The molecule has 72 valence electrons. The zero-order chi connectivity index (χ0) is 9.68. The van der Waals surface area contributed by atoms with Crippen LogP contribution in [0.3, 0.4) is 0 Å². The zero-order valence-electron chi connectivity index (χ0n) is 6.71. The Morgan fingerprint density at radius 2 is 2.38 bits per heavy atom. The van der Waals surface area contributed by atoms with Crippen LogP contribution in [0, 0.1) is 0 Å². The molecule has 0 aromatic heterocycles. The molecule has 13 heavy (non-hydrogen) atoms. The van der Waals surface area contributed by atoms with E-state index < -0.39 is 11.9 Å². The van der Waals surface area contributed by atoms with Crippen LogP contribution in [-0.4, -0.2) is 30.0 Å². The predicted molar refractivity (Wildman–Crippen MR) is 47.0 cm³/mol. The number of alkyl halides is 1. The molecule has 1 aliphatic heterocycles. The SMILES string of the molecule is O=C(CCl)NNC(=O)C1CC=NN1. The summed E-state index contributed by atoms with van der Waals surface area (Å²) in [7, 11) is 0. The first-order chi connectivity index (χ1) is 6.24. The molecule has 0 aromatic carbocycles. The standard InChI is InChI=1S/C6H9ClN4O2/c7-3-5(12)10-11-6(13)4-1-2-8-9-4/h2,4,9H,1,3H2,(H,10,12)(H,11,13). The number of hydrogen-bond acceptors (Lipinski definition) is 4. The molecule has 0 aromatic rings. The van der Waals surface area contributed by atoms with E-state index in [1.807, 2.05) is 0 Å². The maximum atomic E-state index is 11.2. The molecule has 0 bridgehead atoms. The van der Waals surface area contributed by atoms with Crippen LogP contribution in [0.1, 0.15) is 6.42 Å². The van der Waals surface area contributed by atoms with Crippen LogP contribution in [0.4, 0.5) is 0 Å². The van der Waals surface area contributed by atoms with E-state index in [4.69, 9.17) is 11.6 Å². The molecule has 0 spiro atoms. The Morgan fingerprint density at radius 1 is 1.62 bits per heavy atom. The number of hydrogen-bond donors (Lipinski definition) is 3. The van der Waals surface area contributed by atoms with Crippen molar-refractivity contribution in [1.29, 1.82) is 0 Å². The molecular weight excluding hydrogens is 196 g/mol. The van der Waals surface area contributed by atoms with E-state index >= 15 is 0 Å². The van der Waals surface area contributed by atoms with Crippen LogP contribution in [-0.2, 0) is 9.59 Å².